The monoisotopic (exact) mass is 390 g/mol. The van der Waals surface area contributed by atoms with E-state index < -0.39 is 0 Å². The number of amides is 1. The van der Waals surface area contributed by atoms with Gasteiger partial charge >= 0.3 is 0 Å². The number of carbonyl (C=O) groups excluding carboxylic acids is 1. The maximum absolute atomic E-state index is 12.5. The van der Waals surface area contributed by atoms with Crippen LogP contribution in [0.3, 0.4) is 0 Å². The lowest BCUT2D eigenvalue weighted by atomic mass is 9.96. The van der Waals surface area contributed by atoms with Gasteiger partial charge in [0.2, 0.25) is 0 Å². The molecule has 2 aromatic heterocycles. The van der Waals surface area contributed by atoms with Crippen molar-refractivity contribution in [3.63, 3.8) is 0 Å². The molecule has 1 N–H and O–H groups in total. The molecule has 26 heavy (non-hydrogen) atoms. The van der Waals surface area contributed by atoms with E-state index in [4.69, 9.17) is 27.7 Å². The average molecular weight is 391 g/mol. The molecule has 4 rings (SSSR count). The van der Waals surface area contributed by atoms with Gasteiger partial charge < -0.3 is 9.84 Å². The second-order valence-corrected chi connectivity index (χ2v) is 7.08. The number of nitrogens with one attached hydrogen (secondary N) is 1. The summed E-state index contributed by atoms with van der Waals surface area (Å²) in [7, 11) is 0. The average Bonchev–Trinajstić information content (AvgIpc) is 3.25. The third-order valence-corrected chi connectivity index (χ3v) is 5.12. The fourth-order valence-corrected chi connectivity index (χ4v) is 3.41. The van der Waals surface area contributed by atoms with E-state index in [1.165, 1.54) is 0 Å². The number of aromatic nitrogens is 3. The number of carbonyl (C=O) groups is 1. The predicted molar refractivity (Wildman–Crippen MR) is 98.9 cm³/mol. The third kappa shape index (κ3) is 3.48. The van der Waals surface area contributed by atoms with Crippen LogP contribution in [0, 0.1) is 0 Å². The number of rotatable bonds is 4. The molecule has 8 heteroatoms. The summed E-state index contributed by atoms with van der Waals surface area (Å²) in [5, 5.41) is 12.1. The van der Waals surface area contributed by atoms with Gasteiger partial charge in [-0.05, 0) is 37.0 Å². The zero-order chi connectivity index (χ0) is 18.1. The zero-order valence-corrected chi connectivity index (χ0v) is 15.3. The quantitative estimate of drug-likeness (QED) is 0.718. The minimum absolute atomic E-state index is 0.272. The van der Waals surface area contributed by atoms with Crippen LogP contribution in [0.25, 0.3) is 0 Å². The smallest absolute Gasteiger partial charge is 0.278 e. The number of benzene rings is 1. The molecule has 0 saturated heterocycles. The van der Waals surface area contributed by atoms with E-state index in [9.17, 15) is 4.79 Å². The molecule has 1 amide bonds. The van der Waals surface area contributed by atoms with Crippen LogP contribution >= 0.6 is 23.2 Å². The molecule has 0 bridgehead atoms. The molecule has 3 aromatic rings. The number of hydrogen-bond acceptors (Lipinski definition) is 4. The van der Waals surface area contributed by atoms with Gasteiger partial charge in [0, 0.05) is 18.2 Å². The Balaban J connectivity index is 1.45. The first kappa shape index (κ1) is 17.1. The molecule has 0 saturated carbocycles. The Labute approximate surface area is 160 Å². The van der Waals surface area contributed by atoms with Crippen LogP contribution in [-0.4, -0.2) is 20.8 Å². The van der Waals surface area contributed by atoms with Gasteiger partial charge in [-0.1, -0.05) is 34.4 Å². The predicted octanol–water partition coefficient (Wildman–Crippen LogP) is 4.36. The number of fused-ring (bicyclic) bond motifs is 1. The van der Waals surface area contributed by atoms with Crippen molar-refractivity contribution in [2.45, 2.75) is 32.2 Å². The lowest BCUT2D eigenvalue weighted by Crippen LogP contribution is -2.15. The normalized spacial score (nSPS) is 13.5. The van der Waals surface area contributed by atoms with E-state index in [1.54, 1.807) is 29.2 Å². The van der Waals surface area contributed by atoms with E-state index in [1.807, 2.05) is 6.07 Å². The van der Waals surface area contributed by atoms with Crippen molar-refractivity contribution in [1.29, 1.82) is 0 Å². The second-order valence-electron chi connectivity index (χ2n) is 6.27. The van der Waals surface area contributed by atoms with Gasteiger partial charge in [0.1, 0.15) is 5.76 Å². The van der Waals surface area contributed by atoms with Crippen molar-refractivity contribution < 1.29 is 9.32 Å². The lowest BCUT2D eigenvalue weighted by molar-refractivity contribution is 0.101. The van der Waals surface area contributed by atoms with Crippen molar-refractivity contribution in [2.24, 2.45) is 0 Å². The fourth-order valence-electron chi connectivity index (χ4n) is 3.09. The Morgan fingerprint density at radius 1 is 1.23 bits per heavy atom. The van der Waals surface area contributed by atoms with Gasteiger partial charge in [-0.15, -0.1) is 0 Å². The van der Waals surface area contributed by atoms with Gasteiger partial charge in [-0.2, -0.15) is 5.10 Å². The van der Waals surface area contributed by atoms with Gasteiger partial charge in [0.25, 0.3) is 5.91 Å². The number of hydrogen-bond donors (Lipinski definition) is 1. The van der Waals surface area contributed by atoms with Crippen LogP contribution in [0.15, 0.2) is 35.1 Å². The largest absolute Gasteiger partial charge is 0.360 e. The summed E-state index contributed by atoms with van der Waals surface area (Å²) in [6.45, 7) is 0.520. The van der Waals surface area contributed by atoms with Crippen LogP contribution in [0.4, 0.5) is 5.69 Å². The van der Waals surface area contributed by atoms with Crippen LogP contribution in [0.2, 0.25) is 10.0 Å². The van der Waals surface area contributed by atoms with Crippen molar-refractivity contribution in [1.82, 2.24) is 14.9 Å². The summed E-state index contributed by atoms with van der Waals surface area (Å²) in [6.07, 6.45) is 7.16. The summed E-state index contributed by atoms with van der Waals surface area (Å²) in [5.74, 6) is 0.558. The molecule has 1 aromatic carbocycles. The summed E-state index contributed by atoms with van der Waals surface area (Å²) < 4.78 is 7.01. The minimum atomic E-state index is -0.272. The summed E-state index contributed by atoms with van der Waals surface area (Å²) in [4.78, 5) is 12.5. The van der Waals surface area contributed by atoms with E-state index in [-0.39, 0.29) is 5.91 Å². The van der Waals surface area contributed by atoms with Gasteiger partial charge in [-0.25, -0.2) is 0 Å². The molecule has 2 heterocycles. The highest BCUT2D eigenvalue weighted by atomic mass is 35.5. The minimum Gasteiger partial charge on any atom is -0.360 e. The number of halogens is 2. The van der Waals surface area contributed by atoms with Crippen molar-refractivity contribution in [2.75, 3.05) is 5.32 Å². The molecular weight excluding hydrogens is 375 g/mol. The standard InChI is InChI=1S/C18H16Cl2N4O2/c19-14-6-5-11(7-15(14)20)9-24-10-12(8-21-24)22-18(25)17-13-3-1-2-4-16(13)26-23-17/h5-8,10H,1-4,9H2,(H,22,25). The first-order chi connectivity index (χ1) is 12.6. The first-order valence-electron chi connectivity index (χ1n) is 8.35. The molecule has 0 unspecified atom stereocenters. The lowest BCUT2D eigenvalue weighted by Gasteiger charge is -2.08. The first-order valence-corrected chi connectivity index (χ1v) is 9.11. The highest BCUT2D eigenvalue weighted by Gasteiger charge is 2.24. The highest BCUT2D eigenvalue weighted by Crippen LogP contribution is 2.25. The van der Waals surface area contributed by atoms with E-state index in [0.717, 1.165) is 42.6 Å². The Kier molecular flexibility index (Phi) is 4.70. The van der Waals surface area contributed by atoms with Crippen LogP contribution in [0.1, 0.15) is 40.2 Å². The second kappa shape index (κ2) is 7.13. The SMILES string of the molecule is O=C(Nc1cnn(Cc2ccc(Cl)c(Cl)c2)c1)c1noc2c1CCCC2. The van der Waals surface area contributed by atoms with E-state index >= 15 is 0 Å². The molecular formula is C18H16Cl2N4O2. The maximum Gasteiger partial charge on any atom is 0.278 e. The topological polar surface area (TPSA) is 73.0 Å². The third-order valence-electron chi connectivity index (χ3n) is 4.38. The van der Waals surface area contributed by atoms with Crippen molar-refractivity contribution in [3.05, 3.63) is 63.2 Å². The number of nitrogens with zero attached hydrogens (tertiary/aromatic N) is 3. The van der Waals surface area contributed by atoms with E-state index in [0.29, 0.717) is 28.0 Å². The van der Waals surface area contributed by atoms with Gasteiger partial charge in [0.05, 0.1) is 28.5 Å². The Hall–Kier alpha value is -2.31. The molecule has 1 aliphatic carbocycles. The highest BCUT2D eigenvalue weighted by molar-refractivity contribution is 6.42. The number of anilines is 1. The fraction of sp³-hybridized carbons (Fsp3) is 0.278. The molecule has 0 fully saturated rings. The van der Waals surface area contributed by atoms with Crippen LogP contribution < -0.4 is 5.32 Å². The Bertz CT molecular complexity index is 964. The van der Waals surface area contributed by atoms with E-state index in [2.05, 4.69) is 15.6 Å². The molecule has 0 radical (unpaired) electrons. The maximum atomic E-state index is 12.5. The van der Waals surface area contributed by atoms with Crippen molar-refractivity contribution >= 4 is 34.8 Å². The molecule has 0 atom stereocenters. The molecule has 134 valence electrons. The summed E-state index contributed by atoms with van der Waals surface area (Å²) in [5.41, 5.74) is 2.86. The molecule has 0 spiro atoms. The molecule has 1 aliphatic rings. The summed E-state index contributed by atoms with van der Waals surface area (Å²) >= 11 is 12.0. The van der Waals surface area contributed by atoms with Crippen molar-refractivity contribution in [3.8, 4) is 0 Å². The van der Waals surface area contributed by atoms with Crippen LogP contribution in [0.5, 0.6) is 0 Å². The molecule has 6 nitrogen and oxygen atoms in total. The molecule has 0 aliphatic heterocycles. The van der Waals surface area contributed by atoms with Gasteiger partial charge in [0.15, 0.2) is 5.69 Å². The van der Waals surface area contributed by atoms with Gasteiger partial charge in [-0.3, -0.25) is 9.48 Å². The Morgan fingerprint density at radius 3 is 2.92 bits per heavy atom. The summed E-state index contributed by atoms with van der Waals surface area (Å²) in [6, 6.07) is 5.43. The Morgan fingerprint density at radius 2 is 2.08 bits per heavy atom. The number of aryl methyl sites for hydroxylation is 1. The zero-order valence-electron chi connectivity index (χ0n) is 13.8. The van der Waals surface area contributed by atoms with Crippen LogP contribution in [-0.2, 0) is 19.4 Å².